The molecule has 2 rings (SSSR count). The molecule has 1 N–H and O–H groups in total. The standard InChI is InChI=1S/C23H27BrCl2N2O3/c1-3-5-13-27-23(30)21(4-2)28(14-18-19(25)7-6-8-20(18)26)22(29)15-31-17-11-9-16(24)10-12-17/h6-12,21H,3-5,13-15H2,1-2H3,(H,27,30). The van der Waals surface area contributed by atoms with E-state index in [4.69, 9.17) is 27.9 Å². The highest BCUT2D eigenvalue weighted by atomic mass is 79.9. The first-order valence-electron chi connectivity index (χ1n) is 10.3. The molecule has 1 unspecified atom stereocenters. The fraction of sp³-hybridized carbons (Fsp3) is 0.391. The van der Waals surface area contributed by atoms with E-state index in [1.54, 1.807) is 30.3 Å². The van der Waals surface area contributed by atoms with Crippen molar-refractivity contribution in [1.29, 1.82) is 0 Å². The largest absolute Gasteiger partial charge is 0.484 e. The first-order chi connectivity index (χ1) is 14.9. The average Bonchev–Trinajstić information content (AvgIpc) is 2.75. The summed E-state index contributed by atoms with van der Waals surface area (Å²) in [5.74, 6) is 0.0419. The molecule has 5 nitrogen and oxygen atoms in total. The van der Waals surface area contributed by atoms with Crippen LogP contribution in [-0.2, 0) is 16.1 Å². The number of benzene rings is 2. The molecule has 1 atom stereocenters. The van der Waals surface area contributed by atoms with Gasteiger partial charge in [0.05, 0.1) is 0 Å². The minimum absolute atomic E-state index is 0.112. The second-order valence-corrected chi connectivity index (χ2v) is 8.76. The molecule has 0 bridgehead atoms. The number of hydrogen-bond donors (Lipinski definition) is 1. The number of nitrogens with zero attached hydrogens (tertiary/aromatic N) is 1. The van der Waals surface area contributed by atoms with Gasteiger partial charge in [0.2, 0.25) is 5.91 Å². The van der Waals surface area contributed by atoms with Crippen LogP contribution < -0.4 is 10.1 Å². The van der Waals surface area contributed by atoms with Crippen molar-refractivity contribution in [3.8, 4) is 5.75 Å². The van der Waals surface area contributed by atoms with Crippen molar-refractivity contribution >= 4 is 50.9 Å². The van der Waals surface area contributed by atoms with Gasteiger partial charge in [0, 0.05) is 33.2 Å². The third kappa shape index (κ3) is 7.70. The quantitative estimate of drug-likeness (QED) is 0.371. The lowest BCUT2D eigenvalue weighted by Gasteiger charge is -2.31. The Kier molecular flexibility index (Phi) is 10.6. The van der Waals surface area contributed by atoms with Crippen LogP contribution in [0.1, 0.15) is 38.7 Å². The number of carbonyl (C=O) groups is 2. The summed E-state index contributed by atoms with van der Waals surface area (Å²) in [6.45, 7) is 4.39. The molecule has 31 heavy (non-hydrogen) atoms. The van der Waals surface area contributed by atoms with Gasteiger partial charge < -0.3 is 15.0 Å². The summed E-state index contributed by atoms with van der Waals surface area (Å²) < 4.78 is 6.58. The predicted molar refractivity (Wildman–Crippen MR) is 129 cm³/mol. The van der Waals surface area contributed by atoms with E-state index < -0.39 is 6.04 Å². The SMILES string of the molecule is CCCCNC(=O)C(CC)N(Cc1c(Cl)cccc1Cl)C(=O)COc1ccc(Br)cc1. The lowest BCUT2D eigenvalue weighted by molar-refractivity contribution is -0.143. The van der Waals surface area contributed by atoms with Crippen LogP contribution in [0.15, 0.2) is 46.9 Å². The van der Waals surface area contributed by atoms with E-state index in [2.05, 4.69) is 28.2 Å². The number of rotatable bonds is 11. The van der Waals surface area contributed by atoms with Crippen LogP contribution in [0.4, 0.5) is 0 Å². The topological polar surface area (TPSA) is 58.6 Å². The molecule has 0 radical (unpaired) electrons. The Hall–Kier alpha value is -1.76. The highest BCUT2D eigenvalue weighted by molar-refractivity contribution is 9.10. The van der Waals surface area contributed by atoms with Gasteiger partial charge in [0.15, 0.2) is 6.61 Å². The molecule has 0 aliphatic rings. The van der Waals surface area contributed by atoms with Crippen LogP contribution in [0.5, 0.6) is 5.75 Å². The molecule has 0 saturated heterocycles. The molecular weight excluding hydrogens is 503 g/mol. The highest BCUT2D eigenvalue weighted by Gasteiger charge is 2.29. The molecule has 0 aliphatic heterocycles. The lowest BCUT2D eigenvalue weighted by Crippen LogP contribution is -2.50. The number of carbonyl (C=O) groups excluding carboxylic acids is 2. The van der Waals surface area contributed by atoms with Gasteiger partial charge in [-0.25, -0.2) is 0 Å². The zero-order chi connectivity index (χ0) is 22.8. The molecule has 0 aromatic heterocycles. The number of ether oxygens (including phenoxy) is 1. The van der Waals surface area contributed by atoms with E-state index in [0.29, 0.717) is 34.3 Å². The van der Waals surface area contributed by atoms with Gasteiger partial charge in [-0.3, -0.25) is 9.59 Å². The fourth-order valence-corrected chi connectivity index (χ4v) is 3.82. The first kappa shape index (κ1) is 25.5. The maximum absolute atomic E-state index is 13.2. The van der Waals surface area contributed by atoms with Gasteiger partial charge in [-0.05, 0) is 49.2 Å². The fourth-order valence-electron chi connectivity index (χ4n) is 3.04. The Morgan fingerprint density at radius 3 is 2.32 bits per heavy atom. The molecule has 168 valence electrons. The average molecular weight is 530 g/mol. The first-order valence-corrected chi connectivity index (χ1v) is 11.8. The summed E-state index contributed by atoms with van der Waals surface area (Å²) in [6, 6.07) is 11.7. The normalized spacial score (nSPS) is 11.6. The number of halogens is 3. The summed E-state index contributed by atoms with van der Waals surface area (Å²) in [4.78, 5) is 27.5. The van der Waals surface area contributed by atoms with Crippen LogP contribution in [0.2, 0.25) is 10.0 Å². The Morgan fingerprint density at radius 1 is 1.10 bits per heavy atom. The molecule has 2 aromatic rings. The molecule has 0 heterocycles. The summed E-state index contributed by atoms with van der Waals surface area (Å²) in [5, 5.41) is 3.81. The van der Waals surface area contributed by atoms with Gasteiger partial charge in [0.25, 0.3) is 5.91 Å². The summed E-state index contributed by atoms with van der Waals surface area (Å²) in [6.07, 6.45) is 2.29. The summed E-state index contributed by atoms with van der Waals surface area (Å²) >= 11 is 16.0. The summed E-state index contributed by atoms with van der Waals surface area (Å²) in [7, 11) is 0. The van der Waals surface area contributed by atoms with Crippen molar-refractivity contribution in [2.75, 3.05) is 13.2 Å². The number of nitrogens with one attached hydrogen (secondary N) is 1. The van der Waals surface area contributed by atoms with Gasteiger partial charge >= 0.3 is 0 Å². The van der Waals surface area contributed by atoms with Crippen LogP contribution in [0, 0.1) is 0 Å². The van der Waals surface area contributed by atoms with Crippen molar-refractivity contribution in [1.82, 2.24) is 10.2 Å². The Morgan fingerprint density at radius 2 is 1.74 bits per heavy atom. The minimum Gasteiger partial charge on any atom is -0.484 e. The minimum atomic E-state index is -0.662. The highest BCUT2D eigenvalue weighted by Crippen LogP contribution is 2.27. The van der Waals surface area contributed by atoms with Crippen molar-refractivity contribution < 1.29 is 14.3 Å². The van der Waals surface area contributed by atoms with Crippen molar-refractivity contribution in [2.24, 2.45) is 0 Å². The summed E-state index contributed by atoms with van der Waals surface area (Å²) in [5.41, 5.74) is 0.600. The van der Waals surface area contributed by atoms with Crippen LogP contribution in [-0.4, -0.2) is 35.9 Å². The van der Waals surface area contributed by atoms with Crippen molar-refractivity contribution in [3.63, 3.8) is 0 Å². The van der Waals surface area contributed by atoms with Crippen LogP contribution >= 0.6 is 39.1 Å². The van der Waals surface area contributed by atoms with E-state index >= 15 is 0 Å². The van der Waals surface area contributed by atoms with Gasteiger partial charge in [0.1, 0.15) is 11.8 Å². The zero-order valence-corrected chi connectivity index (χ0v) is 20.8. The third-order valence-corrected chi connectivity index (χ3v) is 6.02. The van der Waals surface area contributed by atoms with E-state index in [1.165, 1.54) is 4.90 Å². The molecule has 0 spiro atoms. The van der Waals surface area contributed by atoms with Gasteiger partial charge in [-0.15, -0.1) is 0 Å². The zero-order valence-electron chi connectivity index (χ0n) is 17.7. The molecule has 0 aliphatic carbocycles. The van der Waals surface area contributed by atoms with E-state index in [-0.39, 0.29) is 25.0 Å². The predicted octanol–water partition coefficient (Wildman–Crippen LogP) is 5.86. The van der Waals surface area contributed by atoms with Gasteiger partial charge in [-0.1, -0.05) is 65.5 Å². The number of amides is 2. The smallest absolute Gasteiger partial charge is 0.261 e. The monoisotopic (exact) mass is 528 g/mol. The molecule has 0 fully saturated rings. The van der Waals surface area contributed by atoms with E-state index in [0.717, 1.165) is 17.3 Å². The number of unbranched alkanes of at least 4 members (excludes halogenated alkanes) is 1. The molecular formula is C23H27BrCl2N2O3. The Balaban J connectivity index is 2.23. The molecule has 8 heteroatoms. The maximum atomic E-state index is 13.2. The van der Waals surface area contributed by atoms with Crippen molar-refractivity contribution in [3.05, 3.63) is 62.5 Å². The second-order valence-electron chi connectivity index (χ2n) is 7.03. The lowest BCUT2D eigenvalue weighted by atomic mass is 10.1. The maximum Gasteiger partial charge on any atom is 0.261 e. The van der Waals surface area contributed by atoms with Crippen LogP contribution in [0.3, 0.4) is 0 Å². The van der Waals surface area contributed by atoms with Gasteiger partial charge in [-0.2, -0.15) is 0 Å². The van der Waals surface area contributed by atoms with E-state index in [9.17, 15) is 9.59 Å². The molecule has 0 saturated carbocycles. The van der Waals surface area contributed by atoms with Crippen molar-refractivity contribution in [2.45, 2.75) is 45.7 Å². The van der Waals surface area contributed by atoms with E-state index in [1.807, 2.05) is 19.1 Å². The second kappa shape index (κ2) is 12.9. The number of hydrogen-bond acceptors (Lipinski definition) is 3. The molecule has 2 aromatic carbocycles. The Labute approximate surface area is 202 Å². The molecule has 2 amide bonds. The Bertz CT molecular complexity index is 857. The third-order valence-electron chi connectivity index (χ3n) is 4.78. The van der Waals surface area contributed by atoms with Crippen LogP contribution in [0.25, 0.3) is 0 Å².